The number of aliphatic hydroxyl groups is 1. The second-order valence-electron chi connectivity index (χ2n) is 4.31. The Balaban J connectivity index is 1.58. The van der Waals surface area contributed by atoms with Crippen LogP contribution in [0.4, 0.5) is 0 Å². The number of aryl methyl sites for hydroxylation is 1. The molecule has 1 fully saturated rings. The second-order valence-corrected chi connectivity index (χ2v) is 5.37. The summed E-state index contributed by atoms with van der Waals surface area (Å²) in [6.45, 7) is 4.65. The van der Waals surface area contributed by atoms with Gasteiger partial charge in [0.25, 0.3) is 0 Å². The Bertz CT molecular complexity index is 329. The summed E-state index contributed by atoms with van der Waals surface area (Å²) in [5.74, 6) is 0. The highest BCUT2D eigenvalue weighted by atomic mass is 32.1. The minimum Gasteiger partial charge on any atom is -0.392 e. The predicted octanol–water partition coefficient (Wildman–Crippen LogP) is 0.306. The summed E-state index contributed by atoms with van der Waals surface area (Å²) >= 11 is 1.70. The van der Waals surface area contributed by atoms with Gasteiger partial charge in [-0.05, 0) is 13.3 Å². The number of nitrogens with zero attached hydrogens (tertiary/aromatic N) is 1. The molecule has 0 spiro atoms. The van der Waals surface area contributed by atoms with E-state index in [1.165, 1.54) is 5.69 Å². The fourth-order valence-electron chi connectivity index (χ4n) is 1.97. The van der Waals surface area contributed by atoms with Crippen LogP contribution in [0.5, 0.6) is 0 Å². The van der Waals surface area contributed by atoms with Crippen LogP contribution in [-0.2, 0) is 6.42 Å². The van der Waals surface area contributed by atoms with Crippen molar-refractivity contribution in [3.63, 3.8) is 0 Å². The first kappa shape index (κ1) is 12.0. The Morgan fingerprint density at radius 1 is 1.69 bits per heavy atom. The van der Waals surface area contributed by atoms with Gasteiger partial charge in [-0.3, -0.25) is 0 Å². The van der Waals surface area contributed by atoms with Crippen molar-refractivity contribution >= 4 is 11.3 Å². The molecule has 1 aromatic heterocycles. The molecule has 1 aliphatic heterocycles. The lowest BCUT2D eigenvalue weighted by molar-refractivity contribution is 0.193. The van der Waals surface area contributed by atoms with Gasteiger partial charge in [-0.2, -0.15) is 0 Å². The fourth-order valence-corrected chi connectivity index (χ4v) is 2.62. The zero-order valence-corrected chi connectivity index (χ0v) is 10.4. The van der Waals surface area contributed by atoms with Gasteiger partial charge in [0.05, 0.1) is 16.8 Å². The van der Waals surface area contributed by atoms with Crippen molar-refractivity contribution in [2.24, 2.45) is 0 Å². The van der Waals surface area contributed by atoms with E-state index in [0.29, 0.717) is 6.04 Å². The molecule has 2 rings (SSSR count). The minimum atomic E-state index is -0.159. The smallest absolute Gasteiger partial charge is 0.0897 e. The van der Waals surface area contributed by atoms with Gasteiger partial charge in [0.2, 0.25) is 0 Å². The normalized spacial score (nSPS) is 25.1. The van der Waals surface area contributed by atoms with Gasteiger partial charge in [-0.15, -0.1) is 11.3 Å². The Morgan fingerprint density at radius 2 is 2.56 bits per heavy atom. The van der Waals surface area contributed by atoms with Gasteiger partial charge in [0.15, 0.2) is 0 Å². The molecule has 0 aliphatic carbocycles. The van der Waals surface area contributed by atoms with Crippen molar-refractivity contribution in [3.8, 4) is 0 Å². The van der Waals surface area contributed by atoms with Crippen LogP contribution in [0, 0.1) is 6.92 Å². The lowest BCUT2D eigenvalue weighted by Gasteiger charge is -2.10. The third kappa shape index (κ3) is 3.52. The fraction of sp³-hybridized carbons (Fsp3) is 0.727. The molecule has 1 aromatic rings. The largest absolute Gasteiger partial charge is 0.392 e. The van der Waals surface area contributed by atoms with E-state index in [2.05, 4.69) is 21.0 Å². The summed E-state index contributed by atoms with van der Waals surface area (Å²) in [6, 6.07) is 0.423. The first-order chi connectivity index (χ1) is 7.74. The number of hydrogen-bond acceptors (Lipinski definition) is 5. The van der Waals surface area contributed by atoms with Gasteiger partial charge in [0.1, 0.15) is 0 Å². The summed E-state index contributed by atoms with van der Waals surface area (Å²) < 4.78 is 0. The highest BCUT2D eigenvalue weighted by Crippen LogP contribution is 2.08. The molecule has 3 N–H and O–H groups in total. The van der Waals surface area contributed by atoms with Crippen molar-refractivity contribution < 1.29 is 5.11 Å². The summed E-state index contributed by atoms with van der Waals surface area (Å²) in [6.07, 6.45) is 1.69. The number of nitrogens with one attached hydrogen (secondary N) is 2. The van der Waals surface area contributed by atoms with Gasteiger partial charge >= 0.3 is 0 Å². The molecule has 1 saturated heterocycles. The van der Waals surface area contributed by atoms with E-state index in [1.54, 1.807) is 11.3 Å². The van der Waals surface area contributed by atoms with E-state index >= 15 is 0 Å². The zero-order chi connectivity index (χ0) is 11.4. The van der Waals surface area contributed by atoms with Crippen LogP contribution in [0.3, 0.4) is 0 Å². The van der Waals surface area contributed by atoms with Crippen molar-refractivity contribution in [2.75, 3.05) is 19.6 Å². The third-order valence-corrected chi connectivity index (χ3v) is 3.64. The number of β-amino-alcohol motifs (C(OH)–C–C–N with tert-alkyl or cyclic N) is 1. The Kier molecular flexibility index (Phi) is 4.29. The molecule has 0 radical (unpaired) electrons. The molecule has 2 heterocycles. The summed E-state index contributed by atoms with van der Waals surface area (Å²) in [5.41, 5.74) is 1.18. The van der Waals surface area contributed by atoms with Crippen LogP contribution < -0.4 is 10.6 Å². The molecule has 4 nitrogen and oxygen atoms in total. The van der Waals surface area contributed by atoms with Crippen molar-refractivity contribution in [2.45, 2.75) is 31.9 Å². The summed E-state index contributed by atoms with van der Waals surface area (Å²) in [5, 5.41) is 19.3. The highest BCUT2D eigenvalue weighted by Gasteiger charge is 2.20. The van der Waals surface area contributed by atoms with Gasteiger partial charge in [-0.25, -0.2) is 4.98 Å². The van der Waals surface area contributed by atoms with Crippen LogP contribution in [0.15, 0.2) is 5.38 Å². The topological polar surface area (TPSA) is 57.2 Å². The summed E-state index contributed by atoms with van der Waals surface area (Å²) in [7, 11) is 0. The maximum Gasteiger partial charge on any atom is 0.0897 e. The molecular formula is C11H19N3OS. The number of hydrogen-bond donors (Lipinski definition) is 3. The molecule has 5 heteroatoms. The molecule has 0 amide bonds. The lowest BCUT2D eigenvalue weighted by Crippen LogP contribution is -2.34. The third-order valence-electron chi connectivity index (χ3n) is 2.81. The molecular weight excluding hydrogens is 222 g/mol. The zero-order valence-electron chi connectivity index (χ0n) is 9.57. The van der Waals surface area contributed by atoms with E-state index in [4.69, 9.17) is 0 Å². The SMILES string of the molecule is Cc1nc(CCNCC2CC(O)CN2)cs1. The van der Waals surface area contributed by atoms with Crippen LogP contribution in [-0.4, -0.2) is 41.9 Å². The average molecular weight is 241 g/mol. The second kappa shape index (κ2) is 5.72. The predicted molar refractivity (Wildman–Crippen MR) is 65.8 cm³/mol. The molecule has 0 saturated carbocycles. The molecule has 90 valence electrons. The Labute approximate surface area is 100 Å². The quantitative estimate of drug-likeness (QED) is 0.649. The van der Waals surface area contributed by atoms with E-state index in [9.17, 15) is 5.11 Å². The van der Waals surface area contributed by atoms with Crippen LogP contribution in [0.1, 0.15) is 17.1 Å². The van der Waals surface area contributed by atoms with Crippen molar-refractivity contribution in [1.82, 2.24) is 15.6 Å². The number of rotatable bonds is 5. The molecule has 2 atom stereocenters. The maximum atomic E-state index is 9.34. The van der Waals surface area contributed by atoms with Crippen molar-refractivity contribution in [3.05, 3.63) is 16.1 Å². The molecule has 2 unspecified atom stereocenters. The molecule has 16 heavy (non-hydrogen) atoms. The summed E-state index contributed by atoms with van der Waals surface area (Å²) in [4.78, 5) is 4.41. The maximum absolute atomic E-state index is 9.34. The Morgan fingerprint density at radius 3 is 3.19 bits per heavy atom. The average Bonchev–Trinajstić information content (AvgIpc) is 2.83. The van der Waals surface area contributed by atoms with Crippen LogP contribution >= 0.6 is 11.3 Å². The number of aromatic nitrogens is 1. The molecule has 1 aliphatic rings. The Hall–Kier alpha value is -0.490. The van der Waals surface area contributed by atoms with Gasteiger partial charge in [-0.1, -0.05) is 0 Å². The lowest BCUT2D eigenvalue weighted by atomic mass is 10.2. The van der Waals surface area contributed by atoms with E-state index in [1.807, 2.05) is 6.92 Å². The molecule has 0 bridgehead atoms. The number of aliphatic hydroxyl groups excluding tert-OH is 1. The monoisotopic (exact) mass is 241 g/mol. The molecule has 0 aromatic carbocycles. The minimum absolute atomic E-state index is 0.159. The van der Waals surface area contributed by atoms with E-state index in [-0.39, 0.29) is 6.10 Å². The van der Waals surface area contributed by atoms with E-state index in [0.717, 1.165) is 37.5 Å². The highest BCUT2D eigenvalue weighted by molar-refractivity contribution is 7.09. The standard InChI is InChI=1S/C11H19N3OS/c1-8-14-9(7-16-8)2-3-12-5-10-4-11(15)6-13-10/h7,10-13,15H,2-6H2,1H3. The first-order valence-corrected chi connectivity index (χ1v) is 6.65. The van der Waals surface area contributed by atoms with Crippen LogP contribution in [0.2, 0.25) is 0 Å². The van der Waals surface area contributed by atoms with Gasteiger partial charge < -0.3 is 15.7 Å². The van der Waals surface area contributed by atoms with E-state index < -0.39 is 0 Å². The first-order valence-electron chi connectivity index (χ1n) is 5.77. The van der Waals surface area contributed by atoms with Crippen molar-refractivity contribution in [1.29, 1.82) is 0 Å². The van der Waals surface area contributed by atoms with Crippen LogP contribution in [0.25, 0.3) is 0 Å². The van der Waals surface area contributed by atoms with Gasteiger partial charge in [0, 0.05) is 37.5 Å². The number of thiazole rings is 1.